The molecule has 2 aromatic rings. The number of nitrogens with one attached hydrogen (secondary N) is 1. The number of imidazole rings is 1. The van der Waals surface area contributed by atoms with Crippen LogP contribution < -0.4 is 9.46 Å². The summed E-state index contributed by atoms with van der Waals surface area (Å²) >= 11 is 0. The Morgan fingerprint density at radius 1 is 1.31 bits per heavy atom. The zero-order valence-electron chi connectivity index (χ0n) is 15.9. The summed E-state index contributed by atoms with van der Waals surface area (Å²) in [5.41, 5.74) is 2.70. The van der Waals surface area contributed by atoms with Crippen molar-refractivity contribution >= 4 is 15.7 Å². The van der Waals surface area contributed by atoms with Crippen molar-refractivity contribution < 1.29 is 13.2 Å². The second kappa shape index (κ2) is 6.92. The van der Waals surface area contributed by atoms with Crippen LogP contribution >= 0.6 is 0 Å². The van der Waals surface area contributed by atoms with Gasteiger partial charge in [0.1, 0.15) is 11.6 Å². The van der Waals surface area contributed by atoms with Crippen LogP contribution in [-0.2, 0) is 29.9 Å². The van der Waals surface area contributed by atoms with Crippen molar-refractivity contribution in [2.75, 3.05) is 25.9 Å². The largest absolute Gasteiger partial charge is 0.496 e. The summed E-state index contributed by atoms with van der Waals surface area (Å²) in [6, 6.07) is 4.03. The molecule has 1 aliphatic carbocycles. The Morgan fingerprint density at radius 3 is 2.62 bits per heavy atom. The van der Waals surface area contributed by atoms with Crippen LogP contribution in [0, 0.1) is 6.92 Å². The molecule has 0 amide bonds. The van der Waals surface area contributed by atoms with Crippen molar-refractivity contribution in [2.45, 2.75) is 37.3 Å². The number of hydrogen-bond donors (Lipinski definition) is 1. The second-order valence-corrected chi connectivity index (χ2v) is 8.60. The van der Waals surface area contributed by atoms with Crippen molar-refractivity contribution in [1.29, 1.82) is 0 Å². The van der Waals surface area contributed by atoms with Crippen LogP contribution in [0.2, 0.25) is 0 Å². The molecule has 1 heterocycles. The highest BCUT2D eigenvalue weighted by atomic mass is 32.2. The van der Waals surface area contributed by atoms with E-state index >= 15 is 0 Å². The van der Waals surface area contributed by atoms with Crippen LogP contribution in [0.3, 0.4) is 0 Å². The van der Waals surface area contributed by atoms with Gasteiger partial charge in [-0.25, -0.2) is 4.98 Å². The van der Waals surface area contributed by atoms with E-state index < -0.39 is 10.0 Å². The van der Waals surface area contributed by atoms with E-state index in [9.17, 15) is 8.42 Å². The molecule has 1 N–H and O–H groups in total. The van der Waals surface area contributed by atoms with Gasteiger partial charge in [0.15, 0.2) is 5.03 Å². The molecular formula is C18H26N4O3S. The van der Waals surface area contributed by atoms with Crippen LogP contribution in [0.1, 0.15) is 23.4 Å². The van der Waals surface area contributed by atoms with Crippen molar-refractivity contribution in [3.8, 4) is 5.75 Å². The smallest absolute Gasteiger partial charge is 0.280 e. The lowest BCUT2D eigenvalue weighted by Crippen LogP contribution is -2.34. The minimum atomic E-state index is -3.73. The SMILES string of the molecule is COc1ccc(NS(=O)(=O)c2cn(C)c(C)n2)c2c1C[C@@H](N(C)C)CC2. The second-order valence-electron chi connectivity index (χ2n) is 6.98. The molecule has 8 heteroatoms. The first-order valence-electron chi connectivity index (χ1n) is 8.61. The summed E-state index contributed by atoms with van der Waals surface area (Å²) in [7, 11) is 3.83. The molecule has 0 radical (unpaired) electrons. The third-order valence-electron chi connectivity index (χ3n) is 5.11. The van der Waals surface area contributed by atoms with Crippen molar-refractivity contribution in [3.63, 3.8) is 0 Å². The quantitative estimate of drug-likeness (QED) is 0.861. The fraction of sp³-hybridized carbons (Fsp3) is 0.500. The highest BCUT2D eigenvalue weighted by Gasteiger charge is 2.27. The van der Waals surface area contributed by atoms with E-state index in [4.69, 9.17) is 4.74 Å². The number of hydrogen-bond acceptors (Lipinski definition) is 5. The Bertz CT molecular complexity index is 899. The van der Waals surface area contributed by atoms with E-state index in [0.717, 1.165) is 36.1 Å². The fourth-order valence-corrected chi connectivity index (χ4v) is 4.54. The number of aryl methyl sites for hydroxylation is 2. The summed E-state index contributed by atoms with van der Waals surface area (Å²) in [6.07, 6.45) is 4.14. The van der Waals surface area contributed by atoms with E-state index in [2.05, 4.69) is 28.7 Å². The first-order valence-corrected chi connectivity index (χ1v) is 10.1. The fourth-order valence-electron chi connectivity index (χ4n) is 3.41. The first kappa shape index (κ1) is 18.7. The Kier molecular flexibility index (Phi) is 4.98. The third-order valence-corrected chi connectivity index (χ3v) is 6.35. The van der Waals surface area contributed by atoms with E-state index in [0.29, 0.717) is 17.6 Å². The highest BCUT2D eigenvalue weighted by molar-refractivity contribution is 7.92. The Balaban J connectivity index is 1.98. The van der Waals surface area contributed by atoms with Gasteiger partial charge in [-0.05, 0) is 58.0 Å². The number of rotatable bonds is 5. The van der Waals surface area contributed by atoms with Crippen molar-refractivity contribution in [3.05, 3.63) is 35.3 Å². The molecule has 1 aromatic heterocycles. The van der Waals surface area contributed by atoms with Crippen LogP contribution in [0.5, 0.6) is 5.75 Å². The molecule has 0 saturated carbocycles. The first-order chi connectivity index (χ1) is 12.2. The standard InChI is InChI=1S/C18H26N4O3S/c1-12-19-18(11-22(12)4)26(23,24)20-16-8-9-17(25-5)15-10-13(21(2)3)6-7-14(15)16/h8-9,11,13,20H,6-7,10H2,1-5H3/t13-/m0/s1. The average molecular weight is 378 g/mol. The van der Waals surface area contributed by atoms with Gasteiger partial charge < -0.3 is 14.2 Å². The Labute approximate surface area is 155 Å². The lowest BCUT2D eigenvalue weighted by molar-refractivity contribution is 0.265. The normalized spacial score (nSPS) is 17.2. The molecule has 0 saturated heterocycles. The summed E-state index contributed by atoms with van der Waals surface area (Å²) in [6.45, 7) is 1.77. The molecule has 1 aromatic carbocycles. The number of sulfonamides is 1. The van der Waals surface area contributed by atoms with Crippen LogP contribution in [0.4, 0.5) is 5.69 Å². The molecule has 3 rings (SSSR count). The number of benzene rings is 1. The van der Waals surface area contributed by atoms with Crippen molar-refractivity contribution in [2.24, 2.45) is 7.05 Å². The van der Waals surface area contributed by atoms with Gasteiger partial charge >= 0.3 is 0 Å². The molecule has 0 unspecified atom stereocenters. The molecule has 26 heavy (non-hydrogen) atoms. The predicted octanol–water partition coefficient (Wildman–Crippen LogP) is 1.96. The molecule has 7 nitrogen and oxygen atoms in total. The lowest BCUT2D eigenvalue weighted by Gasteiger charge is -2.32. The number of likely N-dealkylation sites (N-methyl/N-ethyl adjacent to an activating group) is 1. The van der Waals surface area contributed by atoms with Gasteiger partial charge in [-0.15, -0.1) is 0 Å². The number of anilines is 1. The summed E-state index contributed by atoms with van der Waals surface area (Å²) in [5, 5.41) is 0.0315. The minimum absolute atomic E-state index is 0.0315. The van der Waals surface area contributed by atoms with Crippen LogP contribution in [-0.4, -0.2) is 50.1 Å². The maximum atomic E-state index is 12.8. The molecule has 0 spiro atoms. The minimum Gasteiger partial charge on any atom is -0.496 e. The number of methoxy groups -OCH3 is 1. The molecule has 1 aliphatic rings. The molecule has 1 atom stereocenters. The van der Waals surface area contributed by atoms with Crippen molar-refractivity contribution in [1.82, 2.24) is 14.5 Å². The lowest BCUT2D eigenvalue weighted by atomic mass is 9.86. The Morgan fingerprint density at radius 2 is 2.04 bits per heavy atom. The molecule has 0 bridgehead atoms. The van der Waals surface area contributed by atoms with E-state index in [-0.39, 0.29) is 5.03 Å². The number of ether oxygens (including phenoxy) is 1. The maximum Gasteiger partial charge on any atom is 0.280 e. The predicted molar refractivity (Wildman–Crippen MR) is 101 cm³/mol. The zero-order chi connectivity index (χ0) is 19.1. The van der Waals surface area contributed by atoms with Gasteiger partial charge in [0.25, 0.3) is 10.0 Å². The van der Waals surface area contributed by atoms with Gasteiger partial charge in [0, 0.05) is 24.8 Å². The van der Waals surface area contributed by atoms with Crippen LogP contribution in [0.15, 0.2) is 23.4 Å². The highest BCUT2D eigenvalue weighted by Crippen LogP contribution is 2.36. The average Bonchev–Trinajstić information content (AvgIpc) is 2.94. The van der Waals surface area contributed by atoms with Gasteiger partial charge in [-0.2, -0.15) is 8.42 Å². The van der Waals surface area contributed by atoms with E-state index in [1.807, 2.05) is 6.07 Å². The third kappa shape index (κ3) is 3.43. The van der Waals surface area contributed by atoms with E-state index in [1.54, 1.807) is 31.7 Å². The van der Waals surface area contributed by atoms with Gasteiger partial charge in [0.05, 0.1) is 12.8 Å². The van der Waals surface area contributed by atoms with Gasteiger partial charge in [-0.3, -0.25) is 4.72 Å². The number of fused-ring (bicyclic) bond motifs is 1. The number of aromatic nitrogens is 2. The summed E-state index contributed by atoms with van der Waals surface area (Å²) < 4.78 is 35.4. The van der Waals surface area contributed by atoms with E-state index in [1.165, 1.54) is 6.20 Å². The summed E-state index contributed by atoms with van der Waals surface area (Å²) in [4.78, 5) is 6.34. The zero-order valence-corrected chi connectivity index (χ0v) is 16.7. The number of nitrogens with zero attached hydrogens (tertiary/aromatic N) is 3. The van der Waals surface area contributed by atoms with Gasteiger partial charge in [0.2, 0.25) is 0 Å². The van der Waals surface area contributed by atoms with Gasteiger partial charge in [-0.1, -0.05) is 0 Å². The topological polar surface area (TPSA) is 76.5 Å². The molecule has 0 aliphatic heterocycles. The molecular weight excluding hydrogens is 352 g/mol. The Hall–Kier alpha value is -2.06. The summed E-state index contributed by atoms with van der Waals surface area (Å²) in [5.74, 6) is 1.46. The monoisotopic (exact) mass is 378 g/mol. The van der Waals surface area contributed by atoms with Crippen LogP contribution in [0.25, 0.3) is 0 Å². The molecule has 142 valence electrons. The maximum absolute atomic E-state index is 12.8. The molecule has 0 fully saturated rings.